The van der Waals surface area contributed by atoms with Crippen molar-refractivity contribution in [1.82, 2.24) is 10.6 Å². The van der Waals surface area contributed by atoms with Crippen molar-refractivity contribution in [3.63, 3.8) is 0 Å². The lowest BCUT2D eigenvalue weighted by Gasteiger charge is -2.28. The summed E-state index contributed by atoms with van der Waals surface area (Å²) >= 11 is 0. The molecule has 1 aliphatic heterocycles. The Bertz CT molecular complexity index is 454. The molecule has 1 unspecified atom stereocenters. The minimum Gasteiger partial charge on any atom is -0.354 e. The van der Waals surface area contributed by atoms with Crippen molar-refractivity contribution in [1.29, 1.82) is 0 Å². The van der Waals surface area contributed by atoms with Crippen LogP contribution in [0.5, 0.6) is 0 Å². The van der Waals surface area contributed by atoms with Crippen molar-refractivity contribution in [2.24, 2.45) is 5.41 Å². The van der Waals surface area contributed by atoms with Crippen LogP contribution in [-0.4, -0.2) is 18.5 Å². The predicted molar refractivity (Wildman–Crippen MR) is 77.9 cm³/mol. The van der Waals surface area contributed by atoms with Crippen LogP contribution in [0.2, 0.25) is 0 Å². The Balaban J connectivity index is 1.92. The second-order valence-electron chi connectivity index (χ2n) is 6.14. The molecule has 104 valence electrons. The Kier molecular flexibility index (Phi) is 4.25. The van der Waals surface area contributed by atoms with Gasteiger partial charge in [0.25, 0.3) is 0 Å². The van der Waals surface area contributed by atoms with Crippen LogP contribution in [0.3, 0.4) is 0 Å². The van der Waals surface area contributed by atoms with E-state index >= 15 is 0 Å². The quantitative estimate of drug-likeness (QED) is 0.872. The number of nitrogens with one attached hydrogen (secondary N) is 2. The summed E-state index contributed by atoms with van der Waals surface area (Å²) in [5.41, 5.74) is 2.76. The molecule has 0 spiro atoms. The molecule has 0 saturated heterocycles. The summed E-state index contributed by atoms with van der Waals surface area (Å²) < 4.78 is 0. The van der Waals surface area contributed by atoms with E-state index in [1.165, 1.54) is 11.1 Å². The Morgan fingerprint density at radius 1 is 1.37 bits per heavy atom. The van der Waals surface area contributed by atoms with Gasteiger partial charge in [-0.1, -0.05) is 45.0 Å². The van der Waals surface area contributed by atoms with E-state index in [4.69, 9.17) is 0 Å². The zero-order valence-electron chi connectivity index (χ0n) is 12.1. The van der Waals surface area contributed by atoms with Crippen LogP contribution in [0.4, 0.5) is 0 Å². The Hall–Kier alpha value is -1.35. The molecule has 1 aliphatic rings. The fourth-order valence-electron chi connectivity index (χ4n) is 2.21. The highest BCUT2D eigenvalue weighted by atomic mass is 16.2. The second-order valence-corrected chi connectivity index (χ2v) is 6.14. The van der Waals surface area contributed by atoms with Gasteiger partial charge in [0.15, 0.2) is 0 Å². The summed E-state index contributed by atoms with van der Waals surface area (Å²) in [5.74, 6) is 0.121. The van der Waals surface area contributed by atoms with Crippen LogP contribution >= 0.6 is 0 Å². The lowest BCUT2D eigenvalue weighted by molar-refractivity contribution is -0.123. The zero-order chi connectivity index (χ0) is 13.9. The molecule has 0 saturated carbocycles. The van der Waals surface area contributed by atoms with Crippen molar-refractivity contribution in [2.45, 2.75) is 46.2 Å². The zero-order valence-corrected chi connectivity index (χ0v) is 12.1. The van der Waals surface area contributed by atoms with Crippen molar-refractivity contribution >= 4 is 5.91 Å². The summed E-state index contributed by atoms with van der Waals surface area (Å²) in [5, 5.41) is 6.39. The SMILES string of the molecule is CCC(C)(C)CNC(=O)C1Cc2ccccc2CN1. The van der Waals surface area contributed by atoms with E-state index in [-0.39, 0.29) is 17.4 Å². The molecule has 3 heteroatoms. The first-order valence-electron chi connectivity index (χ1n) is 7.10. The predicted octanol–water partition coefficient (Wildman–Crippen LogP) is 2.25. The average Bonchev–Trinajstić information content (AvgIpc) is 2.44. The summed E-state index contributed by atoms with van der Waals surface area (Å²) in [4.78, 5) is 12.2. The molecule has 1 aromatic carbocycles. The van der Waals surface area contributed by atoms with E-state index in [0.29, 0.717) is 0 Å². The number of hydrogen-bond acceptors (Lipinski definition) is 2. The third-order valence-corrected chi connectivity index (χ3v) is 4.10. The van der Waals surface area contributed by atoms with Crippen LogP contribution in [0.15, 0.2) is 24.3 Å². The van der Waals surface area contributed by atoms with Crippen LogP contribution in [0.25, 0.3) is 0 Å². The highest BCUT2D eigenvalue weighted by Gasteiger charge is 2.25. The first kappa shape index (κ1) is 14.1. The topological polar surface area (TPSA) is 41.1 Å². The Morgan fingerprint density at radius 3 is 2.74 bits per heavy atom. The smallest absolute Gasteiger partial charge is 0.237 e. The first-order valence-corrected chi connectivity index (χ1v) is 7.10. The third kappa shape index (κ3) is 3.57. The van der Waals surface area contributed by atoms with E-state index in [1.807, 2.05) is 12.1 Å². The third-order valence-electron chi connectivity index (χ3n) is 4.10. The van der Waals surface area contributed by atoms with Gasteiger partial charge in [-0.05, 0) is 29.4 Å². The monoisotopic (exact) mass is 260 g/mol. The molecular formula is C16H24N2O. The molecule has 3 nitrogen and oxygen atoms in total. The Labute approximate surface area is 115 Å². The van der Waals surface area contributed by atoms with Crippen molar-refractivity contribution < 1.29 is 4.79 Å². The molecule has 1 atom stereocenters. The summed E-state index contributed by atoms with van der Waals surface area (Å²) in [6.45, 7) is 8.03. The molecule has 2 N–H and O–H groups in total. The van der Waals surface area contributed by atoms with Crippen LogP contribution in [-0.2, 0) is 17.8 Å². The van der Waals surface area contributed by atoms with E-state index in [9.17, 15) is 4.79 Å². The molecule has 19 heavy (non-hydrogen) atoms. The molecule has 0 bridgehead atoms. The Morgan fingerprint density at radius 2 is 2.05 bits per heavy atom. The van der Waals surface area contributed by atoms with Crippen molar-refractivity contribution in [3.05, 3.63) is 35.4 Å². The van der Waals surface area contributed by atoms with Gasteiger partial charge in [-0.2, -0.15) is 0 Å². The fourth-order valence-corrected chi connectivity index (χ4v) is 2.21. The van der Waals surface area contributed by atoms with E-state index in [2.05, 4.69) is 43.5 Å². The number of rotatable bonds is 4. The van der Waals surface area contributed by atoms with Gasteiger partial charge in [0.05, 0.1) is 6.04 Å². The van der Waals surface area contributed by atoms with Gasteiger partial charge >= 0.3 is 0 Å². The van der Waals surface area contributed by atoms with E-state index in [0.717, 1.165) is 25.9 Å². The van der Waals surface area contributed by atoms with Crippen molar-refractivity contribution in [3.8, 4) is 0 Å². The van der Waals surface area contributed by atoms with Gasteiger partial charge in [-0.3, -0.25) is 4.79 Å². The van der Waals surface area contributed by atoms with E-state index < -0.39 is 0 Å². The van der Waals surface area contributed by atoms with Gasteiger partial charge in [0.2, 0.25) is 5.91 Å². The maximum Gasteiger partial charge on any atom is 0.237 e. The van der Waals surface area contributed by atoms with Crippen LogP contribution < -0.4 is 10.6 Å². The number of carbonyl (C=O) groups excluding carboxylic acids is 1. The largest absolute Gasteiger partial charge is 0.354 e. The molecule has 1 heterocycles. The normalized spacial score (nSPS) is 18.8. The van der Waals surface area contributed by atoms with Gasteiger partial charge in [0.1, 0.15) is 0 Å². The van der Waals surface area contributed by atoms with Gasteiger partial charge in [0, 0.05) is 13.1 Å². The number of hydrogen-bond donors (Lipinski definition) is 2. The maximum absolute atomic E-state index is 12.2. The van der Waals surface area contributed by atoms with E-state index in [1.54, 1.807) is 0 Å². The number of benzene rings is 1. The van der Waals surface area contributed by atoms with Gasteiger partial charge < -0.3 is 10.6 Å². The highest BCUT2D eigenvalue weighted by Crippen LogP contribution is 2.19. The molecule has 0 radical (unpaired) electrons. The number of amides is 1. The molecule has 0 aromatic heterocycles. The first-order chi connectivity index (χ1) is 9.02. The molecule has 1 amide bonds. The van der Waals surface area contributed by atoms with Gasteiger partial charge in [-0.15, -0.1) is 0 Å². The minimum absolute atomic E-state index is 0.0949. The number of carbonyl (C=O) groups is 1. The summed E-state index contributed by atoms with van der Waals surface area (Å²) in [6, 6.07) is 8.23. The van der Waals surface area contributed by atoms with Crippen LogP contribution in [0, 0.1) is 5.41 Å². The average molecular weight is 260 g/mol. The summed E-state index contributed by atoms with van der Waals surface area (Å²) in [7, 11) is 0. The fraction of sp³-hybridized carbons (Fsp3) is 0.562. The molecule has 0 aliphatic carbocycles. The summed E-state index contributed by atoms with van der Waals surface area (Å²) in [6.07, 6.45) is 1.85. The molecule has 2 rings (SSSR count). The number of fused-ring (bicyclic) bond motifs is 1. The minimum atomic E-state index is -0.0949. The molecule has 0 fully saturated rings. The highest BCUT2D eigenvalue weighted by molar-refractivity contribution is 5.82. The van der Waals surface area contributed by atoms with Gasteiger partial charge in [-0.25, -0.2) is 0 Å². The molecule has 1 aromatic rings. The molecular weight excluding hydrogens is 236 g/mol. The van der Waals surface area contributed by atoms with Crippen LogP contribution in [0.1, 0.15) is 38.3 Å². The maximum atomic E-state index is 12.2. The lowest BCUT2D eigenvalue weighted by atomic mass is 9.90. The van der Waals surface area contributed by atoms with Crippen molar-refractivity contribution in [2.75, 3.05) is 6.54 Å². The second kappa shape index (κ2) is 5.74. The standard InChI is InChI=1S/C16H24N2O/c1-4-16(2,3)11-18-15(19)14-9-12-7-5-6-8-13(12)10-17-14/h5-8,14,17H,4,9-11H2,1-3H3,(H,18,19). The lowest BCUT2D eigenvalue weighted by Crippen LogP contribution is -2.49.